The number of allylic oxidation sites excluding steroid dienone is 1. The standard InChI is InChI=1S/C18H15NO/c1-19-16-11-5-4-10-15(16)18(17(19)20)12-6-8-13-7-2-3-9-14(13)18/h2-7,9-12H,8H2,1H3. The van der Waals surface area contributed by atoms with Crippen LogP contribution in [-0.2, 0) is 16.6 Å². The number of hydrogen-bond donors (Lipinski definition) is 0. The van der Waals surface area contributed by atoms with Crippen molar-refractivity contribution in [3.8, 4) is 0 Å². The molecule has 1 aliphatic carbocycles. The van der Waals surface area contributed by atoms with E-state index in [1.54, 1.807) is 4.90 Å². The summed E-state index contributed by atoms with van der Waals surface area (Å²) in [6.07, 6.45) is 5.10. The Balaban J connectivity index is 2.09. The van der Waals surface area contributed by atoms with Crippen LogP contribution in [0, 0.1) is 0 Å². The number of benzene rings is 2. The molecule has 0 saturated carbocycles. The Morgan fingerprint density at radius 2 is 1.70 bits per heavy atom. The SMILES string of the molecule is CN1C(=O)C2(C=CCc3ccccc32)c2ccccc21. The fourth-order valence-corrected chi connectivity index (χ4v) is 3.55. The average Bonchev–Trinajstić information content (AvgIpc) is 2.72. The minimum atomic E-state index is -0.625. The molecule has 2 aromatic carbocycles. The molecule has 98 valence electrons. The van der Waals surface area contributed by atoms with Crippen molar-refractivity contribution in [2.75, 3.05) is 11.9 Å². The van der Waals surface area contributed by atoms with Crippen LogP contribution in [0.25, 0.3) is 0 Å². The molecule has 0 radical (unpaired) electrons. The van der Waals surface area contributed by atoms with Gasteiger partial charge in [0, 0.05) is 12.7 Å². The Morgan fingerprint density at radius 1 is 1.00 bits per heavy atom. The van der Waals surface area contributed by atoms with Crippen LogP contribution >= 0.6 is 0 Å². The van der Waals surface area contributed by atoms with Gasteiger partial charge in [0.2, 0.25) is 5.91 Å². The molecule has 0 N–H and O–H groups in total. The van der Waals surface area contributed by atoms with E-state index in [-0.39, 0.29) is 5.91 Å². The highest BCUT2D eigenvalue weighted by molar-refractivity contribution is 6.12. The molecule has 0 aromatic heterocycles. The summed E-state index contributed by atoms with van der Waals surface area (Å²) in [6, 6.07) is 16.4. The second kappa shape index (κ2) is 3.83. The number of carbonyl (C=O) groups is 1. The summed E-state index contributed by atoms with van der Waals surface area (Å²) in [5.74, 6) is 0.141. The second-order valence-electron chi connectivity index (χ2n) is 5.45. The van der Waals surface area contributed by atoms with Crippen molar-refractivity contribution >= 4 is 11.6 Å². The zero-order valence-corrected chi connectivity index (χ0v) is 11.3. The fourth-order valence-electron chi connectivity index (χ4n) is 3.55. The minimum Gasteiger partial charge on any atom is -0.314 e. The topological polar surface area (TPSA) is 20.3 Å². The molecule has 1 heterocycles. The molecule has 1 amide bonds. The van der Waals surface area contributed by atoms with Gasteiger partial charge >= 0.3 is 0 Å². The summed E-state index contributed by atoms with van der Waals surface area (Å²) in [5.41, 5.74) is 3.85. The van der Waals surface area contributed by atoms with Crippen LogP contribution in [0.1, 0.15) is 16.7 Å². The van der Waals surface area contributed by atoms with Gasteiger partial charge in [-0.05, 0) is 29.2 Å². The highest BCUT2D eigenvalue weighted by Gasteiger charge is 2.50. The Hall–Kier alpha value is -2.35. The Bertz CT molecular complexity index is 747. The van der Waals surface area contributed by atoms with Gasteiger partial charge in [-0.15, -0.1) is 0 Å². The Labute approximate surface area is 118 Å². The number of carbonyl (C=O) groups excluding carboxylic acids is 1. The molecule has 1 spiro atoms. The molecule has 4 rings (SSSR count). The van der Waals surface area contributed by atoms with E-state index >= 15 is 0 Å². The van der Waals surface area contributed by atoms with E-state index in [1.165, 1.54) is 5.56 Å². The average molecular weight is 261 g/mol. The van der Waals surface area contributed by atoms with Gasteiger partial charge in [-0.1, -0.05) is 54.6 Å². The van der Waals surface area contributed by atoms with Crippen molar-refractivity contribution in [2.24, 2.45) is 0 Å². The minimum absolute atomic E-state index is 0.141. The van der Waals surface area contributed by atoms with Crippen LogP contribution in [0.5, 0.6) is 0 Å². The van der Waals surface area contributed by atoms with Gasteiger partial charge in [0.05, 0.1) is 0 Å². The third-order valence-corrected chi connectivity index (χ3v) is 4.48. The zero-order valence-electron chi connectivity index (χ0n) is 11.3. The molecule has 1 unspecified atom stereocenters. The fraction of sp³-hybridized carbons (Fsp3) is 0.167. The molecule has 20 heavy (non-hydrogen) atoms. The molecule has 2 aromatic rings. The van der Waals surface area contributed by atoms with Crippen LogP contribution in [0.15, 0.2) is 60.7 Å². The molecule has 2 nitrogen and oxygen atoms in total. The summed E-state index contributed by atoms with van der Waals surface area (Å²) in [4.78, 5) is 14.8. The number of likely N-dealkylation sites (N-methyl/N-ethyl adjacent to an activating group) is 1. The van der Waals surface area contributed by atoms with E-state index in [4.69, 9.17) is 0 Å². The zero-order chi connectivity index (χ0) is 13.7. The summed E-state index contributed by atoms with van der Waals surface area (Å²) in [6.45, 7) is 0. The first-order chi connectivity index (χ1) is 9.75. The summed E-state index contributed by atoms with van der Waals surface area (Å²) < 4.78 is 0. The smallest absolute Gasteiger partial charge is 0.245 e. The van der Waals surface area contributed by atoms with Gasteiger partial charge in [0.15, 0.2) is 0 Å². The molecular formula is C18H15NO. The van der Waals surface area contributed by atoms with E-state index in [1.807, 2.05) is 37.4 Å². The van der Waals surface area contributed by atoms with E-state index < -0.39 is 5.41 Å². The molecule has 2 heteroatoms. The van der Waals surface area contributed by atoms with Gasteiger partial charge in [-0.3, -0.25) is 4.79 Å². The number of amides is 1. The van der Waals surface area contributed by atoms with Crippen molar-refractivity contribution in [3.05, 3.63) is 77.4 Å². The number of para-hydroxylation sites is 1. The first kappa shape index (κ1) is 11.5. The third-order valence-electron chi connectivity index (χ3n) is 4.48. The van der Waals surface area contributed by atoms with Crippen LogP contribution in [0.3, 0.4) is 0 Å². The maximum absolute atomic E-state index is 13.0. The second-order valence-corrected chi connectivity index (χ2v) is 5.45. The van der Waals surface area contributed by atoms with Crippen molar-refractivity contribution in [3.63, 3.8) is 0 Å². The van der Waals surface area contributed by atoms with Crippen LogP contribution in [-0.4, -0.2) is 13.0 Å². The summed E-state index contributed by atoms with van der Waals surface area (Å²) in [7, 11) is 1.86. The maximum Gasteiger partial charge on any atom is 0.245 e. The predicted molar refractivity (Wildman–Crippen MR) is 79.9 cm³/mol. The Kier molecular flexibility index (Phi) is 2.19. The number of rotatable bonds is 0. The monoisotopic (exact) mass is 261 g/mol. The van der Waals surface area contributed by atoms with Gasteiger partial charge in [0.25, 0.3) is 0 Å². The predicted octanol–water partition coefficient (Wildman–Crippen LogP) is 3.06. The number of nitrogens with zero attached hydrogens (tertiary/aromatic N) is 1. The first-order valence-electron chi connectivity index (χ1n) is 6.89. The van der Waals surface area contributed by atoms with Gasteiger partial charge < -0.3 is 4.90 Å². The van der Waals surface area contributed by atoms with E-state index in [9.17, 15) is 4.79 Å². The quantitative estimate of drug-likeness (QED) is 0.667. The number of fused-ring (bicyclic) bond motifs is 4. The summed E-state index contributed by atoms with van der Waals surface area (Å²) in [5, 5.41) is 0. The lowest BCUT2D eigenvalue weighted by molar-refractivity contribution is -0.120. The number of anilines is 1. The van der Waals surface area contributed by atoms with Crippen LogP contribution < -0.4 is 4.90 Å². The van der Waals surface area contributed by atoms with Gasteiger partial charge in [-0.2, -0.15) is 0 Å². The molecule has 0 fully saturated rings. The third kappa shape index (κ3) is 1.21. The lowest BCUT2D eigenvalue weighted by Crippen LogP contribution is -2.39. The molecule has 2 aliphatic rings. The van der Waals surface area contributed by atoms with Crippen LogP contribution in [0.4, 0.5) is 5.69 Å². The normalized spacial score (nSPS) is 23.1. The van der Waals surface area contributed by atoms with Gasteiger partial charge in [-0.25, -0.2) is 0 Å². The van der Waals surface area contributed by atoms with Crippen molar-refractivity contribution in [1.29, 1.82) is 0 Å². The molecule has 1 aliphatic heterocycles. The van der Waals surface area contributed by atoms with Crippen molar-refractivity contribution in [2.45, 2.75) is 11.8 Å². The molecule has 0 bridgehead atoms. The van der Waals surface area contributed by atoms with Crippen molar-refractivity contribution in [1.82, 2.24) is 0 Å². The highest BCUT2D eigenvalue weighted by Crippen LogP contribution is 2.48. The Morgan fingerprint density at radius 3 is 2.55 bits per heavy atom. The highest BCUT2D eigenvalue weighted by atomic mass is 16.2. The lowest BCUT2D eigenvalue weighted by atomic mass is 9.70. The molecule has 0 saturated heterocycles. The maximum atomic E-state index is 13.0. The van der Waals surface area contributed by atoms with E-state index in [2.05, 4.69) is 30.4 Å². The van der Waals surface area contributed by atoms with Crippen LogP contribution in [0.2, 0.25) is 0 Å². The first-order valence-corrected chi connectivity index (χ1v) is 6.89. The lowest BCUT2D eigenvalue weighted by Gasteiger charge is -2.30. The molecule has 1 atom stereocenters. The number of hydrogen-bond acceptors (Lipinski definition) is 1. The largest absolute Gasteiger partial charge is 0.314 e. The molecular weight excluding hydrogens is 246 g/mol. The van der Waals surface area contributed by atoms with Gasteiger partial charge in [0.1, 0.15) is 5.41 Å². The van der Waals surface area contributed by atoms with E-state index in [0.29, 0.717) is 0 Å². The van der Waals surface area contributed by atoms with Crippen molar-refractivity contribution < 1.29 is 4.79 Å². The van der Waals surface area contributed by atoms with E-state index in [0.717, 1.165) is 23.2 Å². The summed E-state index contributed by atoms with van der Waals surface area (Å²) >= 11 is 0.